The van der Waals surface area contributed by atoms with Gasteiger partial charge in [0.2, 0.25) is 0 Å². The summed E-state index contributed by atoms with van der Waals surface area (Å²) >= 11 is 3.22. The quantitative estimate of drug-likeness (QED) is 0.825. The number of nitrogens with one attached hydrogen (secondary N) is 1. The largest absolute Gasteiger partial charge is 0.497 e. The van der Waals surface area contributed by atoms with Crippen molar-refractivity contribution in [2.75, 3.05) is 17.6 Å². The summed E-state index contributed by atoms with van der Waals surface area (Å²) in [5, 5.41) is 0. The van der Waals surface area contributed by atoms with Crippen LogP contribution in [-0.4, -0.2) is 15.5 Å². The normalized spacial score (nSPS) is 11.1. The fourth-order valence-electron chi connectivity index (χ4n) is 1.62. The first-order valence-corrected chi connectivity index (χ1v) is 7.92. The Bertz CT molecular complexity index is 732. The Hall–Kier alpha value is -1.73. The van der Waals surface area contributed by atoms with Crippen molar-refractivity contribution in [1.29, 1.82) is 0 Å². The summed E-state index contributed by atoms with van der Waals surface area (Å²) in [4.78, 5) is 0.148. The molecular weight excluding hydrogens is 344 g/mol. The van der Waals surface area contributed by atoms with Gasteiger partial charge in [0.25, 0.3) is 10.0 Å². The Morgan fingerprint density at radius 3 is 2.50 bits per heavy atom. The zero-order chi connectivity index (χ0) is 14.8. The van der Waals surface area contributed by atoms with Gasteiger partial charge in [-0.3, -0.25) is 4.72 Å². The zero-order valence-electron chi connectivity index (χ0n) is 10.6. The van der Waals surface area contributed by atoms with Gasteiger partial charge in [0.1, 0.15) is 10.6 Å². The van der Waals surface area contributed by atoms with Gasteiger partial charge < -0.3 is 10.5 Å². The second kappa shape index (κ2) is 5.72. The molecule has 0 radical (unpaired) electrons. The van der Waals surface area contributed by atoms with Crippen molar-refractivity contribution in [2.24, 2.45) is 0 Å². The molecule has 0 aliphatic heterocycles. The number of benzene rings is 2. The highest BCUT2D eigenvalue weighted by Crippen LogP contribution is 2.28. The molecule has 0 atom stereocenters. The van der Waals surface area contributed by atoms with E-state index in [0.29, 0.717) is 21.6 Å². The van der Waals surface area contributed by atoms with Crippen molar-refractivity contribution >= 4 is 37.3 Å². The predicted octanol–water partition coefficient (Wildman–Crippen LogP) is 2.84. The van der Waals surface area contributed by atoms with E-state index in [9.17, 15) is 8.42 Å². The van der Waals surface area contributed by atoms with Crippen LogP contribution in [0.4, 0.5) is 11.4 Å². The Kier molecular flexibility index (Phi) is 4.20. The lowest BCUT2D eigenvalue weighted by atomic mass is 10.2. The number of anilines is 2. The third-order valence-electron chi connectivity index (χ3n) is 2.63. The Balaban J connectivity index is 2.36. The molecule has 0 saturated heterocycles. The van der Waals surface area contributed by atoms with Crippen LogP contribution in [0, 0.1) is 0 Å². The minimum Gasteiger partial charge on any atom is -0.497 e. The van der Waals surface area contributed by atoms with Crippen LogP contribution in [0.2, 0.25) is 0 Å². The highest BCUT2D eigenvalue weighted by atomic mass is 79.9. The topological polar surface area (TPSA) is 81.4 Å². The van der Waals surface area contributed by atoms with Gasteiger partial charge in [-0.2, -0.15) is 0 Å². The van der Waals surface area contributed by atoms with Gasteiger partial charge in [0.05, 0.1) is 18.5 Å². The van der Waals surface area contributed by atoms with Crippen LogP contribution >= 0.6 is 15.9 Å². The first-order chi connectivity index (χ1) is 9.44. The average Bonchev–Trinajstić information content (AvgIpc) is 2.41. The van der Waals surface area contributed by atoms with Crippen molar-refractivity contribution in [3.63, 3.8) is 0 Å². The molecule has 0 fully saturated rings. The number of ether oxygens (including phenoxy) is 1. The molecule has 0 aromatic heterocycles. The van der Waals surface area contributed by atoms with Crippen molar-refractivity contribution in [1.82, 2.24) is 0 Å². The Morgan fingerprint density at radius 1 is 1.20 bits per heavy atom. The van der Waals surface area contributed by atoms with E-state index in [0.717, 1.165) is 0 Å². The minimum absolute atomic E-state index is 0.148. The highest BCUT2D eigenvalue weighted by molar-refractivity contribution is 9.10. The monoisotopic (exact) mass is 356 g/mol. The van der Waals surface area contributed by atoms with Crippen molar-refractivity contribution in [3.05, 3.63) is 46.9 Å². The summed E-state index contributed by atoms with van der Waals surface area (Å²) in [7, 11) is -2.19. The van der Waals surface area contributed by atoms with E-state index >= 15 is 0 Å². The molecule has 2 rings (SSSR count). The number of rotatable bonds is 4. The molecule has 2 aromatic carbocycles. The van der Waals surface area contributed by atoms with E-state index in [-0.39, 0.29) is 4.90 Å². The van der Waals surface area contributed by atoms with Crippen molar-refractivity contribution in [3.8, 4) is 5.75 Å². The molecule has 0 unspecified atom stereocenters. The van der Waals surface area contributed by atoms with Crippen LogP contribution in [0.1, 0.15) is 0 Å². The predicted molar refractivity (Wildman–Crippen MR) is 82.4 cm³/mol. The molecule has 0 bridgehead atoms. The molecule has 7 heteroatoms. The molecular formula is C13H13BrN2O3S. The van der Waals surface area contributed by atoms with Crippen LogP contribution in [0.15, 0.2) is 51.8 Å². The second-order valence-corrected chi connectivity index (χ2v) is 6.49. The van der Waals surface area contributed by atoms with Gasteiger partial charge in [-0.15, -0.1) is 0 Å². The van der Waals surface area contributed by atoms with Crippen LogP contribution in [0.25, 0.3) is 0 Å². The molecule has 2 aromatic rings. The SMILES string of the molecule is COc1ccc(NS(=O)(=O)c2ccccc2Br)c(N)c1. The zero-order valence-corrected chi connectivity index (χ0v) is 13.0. The molecule has 3 N–H and O–H groups in total. The van der Waals surface area contributed by atoms with E-state index in [1.807, 2.05) is 0 Å². The van der Waals surface area contributed by atoms with Gasteiger partial charge in [-0.1, -0.05) is 12.1 Å². The van der Waals surface area contributed by atoms with Crippen molar-refractivity contribution < 1.29 is 13.2 Å². The van der Waals surface area contributed by atoms with Crippen LogP contribution < -0.4 is 15.2 Å². The highest BCUT2D eigenvalue weighted by Gasteiger charge is 2.18. The molecule has 0 heterocycles. The third-order valence-corrected chi connectivity index (χ3v) is 5.01. The summed E-state index contributed by atoms with van der Waals surface area (Å²) in [5.41, 5.74) is 6.40. The summed E-state index contributed by atoms with van der Waals surface area (Å²) in [5.74, 6) is 0.561. The van der Waals surface area contributed by atoms with E-state index in [2.05, 4.69) is 20.7 Å². The molecule has 0 aliphatic rings. The van der Waals surface area contributed by atoms with Crippen molar-refractivity contribution in [2.45, 2.75) is 4.90 Å². The summed E-state index contributed by atoms with van der Waals surface area (Å²) in [6, 6.07) is 11.3. The number of sulfonamides is 1. The smallest absolute Gasteiger partial charge is 0.263 e. The average molecular weight is 357 g/mol. The number of nitrogens with two attached hydrogens (primary N) is 1. The fraction of sp³-hybridized carbons (Fsp3) is 0.0769. The van der Waals surface area contributed by atoms with Gasteiger partial charge in [0, 0.05) is 10.5 Å². The molecule has 0 saturated carbocycles. The Morgan fingerprint density at radius 2 is 1.90 bits per heavy atom. The summed E-state index contributed by atoms with van der Waals surface area (Å²) < 4.78 is 32.6. The Labute approximate surface area is 125 Å². The first-order valence-electron chi connectivity index (χ1n) is 5.65. The molecule has 20 heavy (non-hydrogen) atoms. The maximum atomic E-state index is 12.3. The van der Waals surface area contributed by atoms with Crippen LogP contribution in [0.3, 0.4) is 0 Å². The molecule has 5 nitrogen and oxygen atoms in total. The number of nitrogen functional groups attached to an aromatic ring is 1. The fourth-order valence-corrected chi connectivity index (χ4v) is 3.72. The lowest BCUT2D eigenvalue weighted by molar-refractivity contribution is 0.415. The van der Waals surface area contributed by atoms with Crippen LogP contribution in [0.5, 0.6) is 5.75 Å². The first kappa shape index (κ1) is 14.7. The third kappa shape index (κ3) is 3.05. The van der Waals surface area contributed by atoms with Gasteiger partial charge in [-0.05, 0) is 40.2 Å². The number of methoxy groups -OCH3 is 1. The van der Waals surface area contributed by atoms with Gasteiger partial charge in [-0.25, -0.2) is 8.42 Å². The van der Waals surface area contributed by atoms with Crippen LogP contribution in [-0.2, 0) is 10.0 Å². The summed E-state index contributed by atoms with van der Waals surface area (Å²) in [6.07, 6.45) is 0. The molecule has 0 aliphatic carbocycles. The lowest BCUT2D eigenvalue weighted by Crippen LogP contribution is -2.14. The number of hydrogen-bond acceptors (Lipinski definition) is 4. The maximum absolute atomic E-state index is 12.3. The van der Waals surface area contributed by atoms with E-state index in [4.69, 9.17) is 10.5 Å². The minimum atomic E-state index is -3.70. The second-order valence-electron chi connectivity index (χ2n) is 3.99. The van der Waals surface area contributed by atoms with E-state index < -0.39 is 10.0 Å². The number of hydrogen-bond donors (Lipinski definition) is 2. The standard InChI is InChI=1S/C13H13BrN2O3S/c1-19-9-6-7-12(11(15)8-9)16-20(17,18)13-5-3-2-4-10(13)14/h2-8,16H,15H2,1H3. The van der Waals surface area contributed by atoms with Gasteiger partial charge in [0.15, 0.2) is 0 Å². The van der Waals surface area contributed by atoms with E-state index in [1.54, 1.807) is 36.4 Å². The molecule has 0 spiro atoms. The number of halogens is 1. The van der Waals surface area contributed by atoms with Gasteiger partial charge >= 0.3 is 0 Å². The summed E-state index contributed by atoms with van der Waals surface area (Å²) in [6.45, 7) is 0. The lowest BCUT2D eigenvalue weighted by Gasteiger charge is -2.12. The maximum Gasteiger partial charge on any atom is 0.263 e. The van der Waals surface area contributed by atoms with E-state index in [1.165, 1.54) is 13.2 Å². The molecule has 106 valence electrons. The molecule has 0 amide bonds.